The number of carbonyl (C=O) groups is 2. The van der Waals surface area contributed by atoms with Crippen LogP contribution in [-0.2, 0) is 0 Å². The lowest BCUT2D eigenvalue weighted by molar-refractivity contribution is -0.384. The van der Waals surface area contributed by atoms with Crippen LogP contribution in [0.1, 0.15) is 28.9 Å². The molecule has 3 aromatic rings. The molecule has 0 saturated carbocycles. The average molecular weight is 463 g/mol. The summed E-state index contributed by atoms with van der Waals surface area (Å²) in [6.07, 6.45) is 3.37. The topological polar surface area (TPSA) is 122 Å². The standard InChI is InChI=1S/C24H26N6O4/c1-17-7-9-19(10-8-17)26-24(32)25-15-18-4-3-12-28(16-18)23(31)22-11-13-29(27-22)20-5-2-6-21(14-20)30(33)34/h2,5-11,13-14,18H,3-4,12,15-16H2,1H3,(H2,25,26,32). The maximum Gasteiger partial charge on any atom is 0.319 e. The molecule has 1 unspecified atom stereocenters. The molecule has 10 heteroatoms. The zero-order valence-corrected chi connectivity index (χ0v) is 18.8. The summed E-state index contributed by atoms with van der Waals surface area (Å²) in [5.41, 5.74) is 2.58. The molecule has 1 aromatic heterocycles. The summed E-state index contributed by atoms with van der Waals surface area (Å²) in [6.45, 7) is 3.59. The van der Waals surface area contributed by atoms with Gasteiger partial charge in [0.2, 0.25) is 0 Å². The Morgan fingerprint density at radius 3 is 2.74 bits per heavy atom. The fourth-order valence-electron chi connectivity index (χ4n) is 3.96. The van der Waals surface area contributed by atoms with Crippen LogP contribution >= 0.6 is 0 Å². The zero-order chi connectivity index (χ0) is 24.1. The Kier molecular flexibility index (Phi) is 6.86. The molecule has 2 aromatic carbocycles. The fourth-order valence-corrected chi connectivity index (χ4v) is 3.96. The molecule has 2 N–H and O–H groups in total. The van der Waals surface area contributed by atoms with Gasteiger partial charge in [-0.1, -0.05) is 23.8 Å². The summed E-state index contributed by atoms with van der Waals surface area (Å²) in [7, 11) is 0. The summed E-state index contributed by atoms with van der Waals surface area (Å²) in [4.78, 5) is 37.5. The number of non-ortho nitro benzene ring substituents is 1. The molecule has 3 amide bonds. The van der Waals surface area contributed by atoms with Crippen LogP contribution in [0, 0.1) is 23.0 Å². The minimum Gasteiger partial charge on any atom is -0.338 e. The van der Waals surface area contributed by atoms with Crippen LogP contribution < -0.4 is 10.6 Å². The van der Waals surface area contributed by atoms with Crippen LogP contribution in [0.25, 0.3) is 5.69 Å². The van der Waals surface area contributed by atoms with E-state index in [2.05, 4.69) is 15.7 Å². The number of nitrogens with one attached hydrogen (secondary N) is 2. The summed E-state index contributed by atoms with van der Waals surface area (Å²) < 4.78 is 1.46. The molecule has 0 spiro atoms. The summed E-state index contributed by atoms with van der Waals surface area (Å²) in [5.74, 6) is -0.0571. The summed E-state index contributed by atoms with van der Waals surface area (Å²) in [6, 6.07) is 15.0. The highest BCUT2D eigenvalue weighted by molar-refractivity contribution is 5.92. The maximum atomic E-state index is 13.0. The monoisotopic (exact) mass is 462 g/mol. The molecule has 176 valence electrons. The minimum atomic E-state index is -0.470. The van der Waals surface area contributed by atoms with E-state index in [4.69, 9.17) is 0 Å². The lowest BCUT2D eigenvalue weighted by atomic mass is 9.98. The van der Waals surface area contributed by atoms with Gasteiger partial charge in [-0.25, -0.2) is 9.48 Å². The Bertz CT molecular complexity index is 1190. The van der Waals surface area contributed by atoms with Gasteiger partial charge >= 0.3 is 6.03 Å². The SMILES string of the molecule is Cc1ccc(NC(=O)NCC2CCCN(C(=O)c3ccn(-c4cccc([N+](=O)[O-])c4)n3)C2)cc1. The van der Waals surface area contributed by atoms with Gasteiger partial charge in [0.05, 0.1) is 10.6 Å². The highest BCUT2D eigenvalue weighted by atomic mass is 16.6. The molecular formula is C24H26N6O4. The predicted octanol–water partition coefficient (Wildman–Crippen LogP) is 3.76. The van der Waals surface area contributed by atoms with Gasteiger partial charge in [0, 0.05) is 43.7 Å². The van der Waals surface area contributed by atoms with Crippen molar-refractivity contribution in [3.05, 3.63) is 82.2 Å². The van der Waals surface area contributed by atoms with Crippen molar-refractivity contribution in [3.8, 4) is 5.69 Å². The number of benzene rings is 2. The van der Waals surface area contributed by atoms with Gasteiger partial charge in [-0.3, -0.25) is 14.9 Å². The number of rotatable bonds is 6. The highest BCUT2D eigenvalue weighted by Crippen LogP contribution is 2.20. The Morgan fingerprint density at radius 1 is 1.18 bits per heavy atom. The number of hydrogen-bond acceptors (Lipinski definition) is 5. The third-order valence-electron chi connectivity index (χ3n) is 5.78. The number of aromatic nitrogens is 2. The largest absolute Gasteiger partial charge is 0.338 e. The predicted molar refractivity (Wildman–Crippen MR) is 127 cm³/mol. The number of piperidine rings is 1. The molecule has 4 rings (SSSR count). The molecule has 34 heavy (non-hydrogen) atoms. The van der Waals surface area contributed by atoms with Crippen molar-refractivity contribution in [1.82, 2.24) is 20.0 Å². The number of hydrogen-bond donors (Lipinski definition) is 2. The second-order valence-electron chi connectivity index (χ2n) is 8.38. The van der Waals surface area contributed by atoms with Gasteiger partial charge in [0.15, 0.2) is 5.69 Å². The fraction of sp³-hybridized carbons (Fsp3) is 0.292. The number of anilines is 1. The molecule has 1 fully saturated rings. The third-order valence-corrected chi connectivity index (χ3v) is 5.78. The second-order valence-corrected chi connectivity index (χ2v) is 8.38. The minimum absolute atomic E-state index is 0.0429. The van der Waals surface area contributed by atoms with Crippen molar-refractivity contribution in [3.63, 3.8) is 0 Å². The van der Waals surface area contributed by atoms with Gasteiger partial charge in [-0.15, -0.1) is 0 Å². The van der Waals surface area contributed by atoms with Crippen molar-refractivity contribution in [1.29, 1.82) is 0 Å². The molecule has 0 radical (unpaired) electrons. The number of aryl methyl sites for hydroxylation is 1. The molecule has 1 aliphatic rings. The Balaban J connectivity index is 1.33. The third kappa shape index (κ3) is 5.58. The number of likely N-dealkylation sites (tertiary alicyclic amines) is 1. The van der Waals surface area contributed by atoms with E-state index < -0.39 is 4.92 Å². The van der Waals surface area contributed by atoms with Crippen LogP contribution in [-0.4, -0.2) is 51.2 Å². The Labute approximate surface area is 196 Å². The Hall–Kier alpha value is -4.21. The number of urea groups is 1. The number of nitro benzene ring substituents is 1. The molecule has 1 atom stereocenters. The van der Waals surface area contributed by atoms with E-state index in [1.165, 1.54) is 16.8 Å². The zero-order valence-electron chi connectivity index (χ0n) is 18.8. The van der Waals surface area contributed by atoms with Gasteiger partial charge in [-0.2, -0.15) is 5.10 Å². The smallest absolute Gasteiger partial charge is 0.319 e. The molecule has 2 heterocycles. The van der Waals surface area contributed by atoms with E-state index in [0.717, 1.165) is 24.1 Å². The number of amides is 3. The lowest BCUT2D eigenvalue weighted by Crippen LogP contribution is -2.44. The van der Waals surface area contributed by atoms with Gasteiger partial charge in [0.1, 0.15) is 0 Å². The van der Waals surface area contributed by atoms with Crippen molar-refractivity contribution >= 4 is 23.3 Å². The van der Waals surface area contributed by atoms with Gasteiger partial charge in [0.25, 0.3) is 11.6 Å². The maximum absolute atomic E-state index is 13.0. The first-order valence-electron chi connectivity index (χ1n) is 11.1. The first kappa shape index (κ1) is 23.0. The molecule has 0 bridgehead atoms. The molecular weight excluding hydrogens is 436 g/mol. The first-order chi connectivity index (χ1) is 16.4. The quantitative estimate of drug-likeness (QED) is 0.427. The molecule has 0 aliphatic carbocycles. The average Bonchev–Trinajstić information content (AvgIpc) is 3.34. The van der Waals surface area contributed by atoms with Crippen LogP contribution in [0.3, 0.4) is 0 Å². The molecule has 1 aliphatic heterocycles. The summed E-state index contributed by atoms with van der Waals surface area (Å²) in [5, 5.41) is 21.1. The Morgan fingerprint density at radius 2 is 1.97 bits per heavy atom. The molecule has 1 saturated heterocycles. The van der Waals surface area contributed by atoms with E-state index in [1.54, 1.807) is 29.3 Å². The molecule has 10 nitrogen and oxygen atoms in total. The van der Waals surface area contributed by atoms with E-state index in [-0.39, 0.29) is 29.2 Å². The van der Waals surface area contributed by atoms with Crippen molar-refractivity contribution in [2.24, 2.45) is 5.92 Å². The van der Waals surface area contributed by atoms with Crippen LogP contribution in [0.5, 0.6) is 0 Å². The van der Waals surface area contributed by atoms with E-state index in [0.29, 0.717) is 25.3 Å². The van der Waals surface area contributed by atoms with Gasteiger partial charge in [-0.05, 0) is 49.9 Å². The van der Waals surface area contributed by atoms with E-state index in [1.807, 2.05) is 31.2 Å². The van der Waals surface area contributed by atoms with Crippen LogP contribution in [0.4, 0.5) is 16.2 Å². The normalized spacial score (nSPS) is 15.6. The highest BCUT2D eigenvalue weighted by Gasteiger charge is 2.26. The van der Waals surface area contributed by atoms with Crippen molar-refractivity contribution < 1.29 is 14.5 Å². The van der Waals surface area contributed by atoms with Crippen LogP contribution in [0.2, 0.25) is 0 Å². The van der Waals surface area contributed by atoms with Gasteiger partial charge < -0.3 is 15.5 Å². The van der Waals surface area contributed by atoms with Crippen molar-refractivity contribution in [2.75, 3.05) is 25.0 Å². The van der Waals surface area contributed by atoms with Crippen molar-refractivity contribution in [2.45, 2.75) is 19.8 Å². The number of nitrogens with zero attached hydrogens (tertiary/aromatic N) is 4. The summed E-state index contributed by atoms with van der Waals surface area (Å²) >= 11 is 0. The lowest BCUT2D eigenvalue weighted by Gasteiger charge is -2.32. The first-order valence-corrected chi connectivity index (χ1v) is 11.1. The number of nitro groups is 1. The number of carbonyl (C=O) groups excluding carboxylic acids is 2. The van der Waals surface area contributed by atoms with E-state index >= 15 is 0 Å². The second kappa shape index (κ2) is 10.2. The van der Waals surface area contributed by atoms with Crippen LogP contribution in [0.15, 0.2) is 60.8 Å². The van der Waals surface area contributed by atoms with E-state index in [9.17, 15) is 19.7 Å².